The van der Waals surface area contributed by atoms with Gasteiger partial charge >= 0.3 is 0 Å². The summed E-state index contributed by atoms with van der Waals surface area (Å²) in [6.45, 7) is 30.1. The first-order chi connectivity index (χ1) is 14.3. The summed E-state index contributed by atoms with van der Waals surface area (Å²) in [5, 5.41) is 0. The van der Waals surface area contributed by atoms with Crippen molar-refractivity contribution in [2.24, 2.45) is 32.8 Å². The van der Waals surface area contributed by atoms with Gasteiger partial charge in [0.15, 0.2) is 0 Å². The minimum atomic E-state index is -1.39. The fourth-order valence-electron chi connectivity index (χ4n) is 4.28. The summed E-state index contributed by atoms with van der Waals surface area (Å²) in [6.07, 6.45) is 20.0. The molecule has 0 fully saturated rings. The Bertz CT molecular complexity index is 650. The topological polar surface area (TPSA) is 12.4 Å². The molecule has 0 N–H and O–H groups in total. The van der Waals surface area contributed by atoms with Crippen molar-refractivity contribution in [3.63, 3.8) is 0 Å². The van der Waals surface area contributed by atoms with Gasteiger partial charge in [-0.15, -0.1) is 0 Å². The number of rotatable bonds is 7. The van der Waals surface area contributed by atoms with Crippen molar-refractivity contribution >= 4 is 7.05 Å². The second-order valence-corrected chi connectivity index (χ2v) is 17.2. The molecule has 1 aliphatic carbocycles. The molecule has 0 spiro atoms. The predicted octanol–water partition coefficient (Wildman–Crippen LogP) is 10.6. The number of hydrogen-bond acceptors (Lipinski definition) is 1. The van der Waals surface area contributed by atoms with E-state index >= 15 is 0 Å². The molecule has 0 saturated heterocycles. The molecule has 0 bridgehead atoms. The van der Waals surface area contributed by atoms with Crippen molar-refractivity contribution in [2.45, 2.75) is 96.4 Å². The zero-order chi connectivity index (χ0) is 25.2. The third kappa shape index (κ3) is 20.9. The summed E-state index contributed by atoms with van der Waals surface area (Å²) < 4.78 is 5.47. The van der Waals surface area contributed by atoms with Crippen molar-refractivity contribution in [1.29, 1.82) is 0 Å². The smallest absolute Gasteiger partial charge is 0.0425 e. The van der Waals surface area contributed by atoms with E-state index in [1.165, 1.54) is 24.2 Å². The van der Waals surface area contributed by atoms with Crippen LogP contribution in [0.5, 0.6) is 0 Å². The van der Waals surface area contributed by atoms with Crippen molar-refractivity contribution < 1.29 is 21.7 Å². The van der Waals surface area contributed by atoms with E-state index < -0.39 is 7.05 Å². The van der Waals surface area contributed by atoms with Gasteiger partial charge in [0.1, 0.15) is 0 Å². The minimum absolute atomic E-state index is 0. The van der Waals surface area contributed by atoms with Crippen LogP contribution in [0.3, 0.4) is 0 Å². The molecule has 0 aliphatic heterocycles. The van der Waals surface area contributed by atoms with Gasteiger partial charge in [-0.3, -0.25) is 4.74 Å². The van der Waals surface area contributed by atoms with E-state index in [1.807, 2.05) is 0 Å². The summed E-state index contributed by atoms with van der Waals surface area (Å²) in [4.78, 5) is 0. The Balaban J connectivity index is 0. The first-order valence-corrected chi connectivity index (χ1v) is 14.9. The zero-order valence-corrected chi connectivity index (χ0v) is 26.9. The summed E-state index contributed by atoms with van der Waals surface area (Å²) in [6, 6.07) is 0. The summed E-state index contributed by atoms with van der Waals surface area (Å²) in [5.41, 5.74) is 2.31. The van der Waals surface area contributed by atoms with Crippen LogP contribution in [0, 0.1) is 28.1 Å². The maximum Gasteiger partial charge on any atom is 0.0425 e. The molecule has 0 saturated carbocycles. The molecule has 0 aromatic carbocycles. The molecule has 0 radical (unpaired) electrons. The Labute approximate surface area is 224 Å². The van der Waals surface area contributed by atoms with E-state index in [4.69, 9.17) is 4.74 Å². The standard InChI is InChI=1S/C20H38NP.C10H18.Ti/c1-18(2,3)14-22(15-19(4,5)6,16-20(7,8)9)21-17-12-10-11-13-17;1-9(2)7-5-6-8-10(3)4;/h10-12H,13-16H2,1-9H3;5-10H,1-4H3;. The summed E-state index contributed by atoms with van der Waals surface area (Å²) in [7, 11) is -1.39. The molecule has 0 amide bonds. The first kappa shape index (κ1) is 35.1. The van der Waals surface area contributed by atoms with E-state index in [1.54, 1.807) is 0 Å². The van der Waals surface area contributed by atoms with Gasteiger partial charge in [0.2, 0.25) is 0 Å². The molecule has 1 rings (SSSR count). The van der Waals surface area contributed by atoms with Gasteiger partial charge in [0.25, 0.3) is 0 Å². The van der Waals surface area contributed by atoms with Crippen LogP contribution in [-0.2, 0) is 21.7 Å². The Morgan fingerprint density at radius 3 is 1.36 bits per heavy atom. The summed E-state index contributed by atoms with van der Waals surface area (Å²) in [5.74, 6) is 1.33. The van der Waals surface area contributed by atoms with Gasteiger partial charge in [0, 0.05) is 33.8 Å². The summed E-state index contributed by atoms with van der Waals surface area (Å²) >= 11 is 0. The van der Waals surface area contributed by atoms with Crippen molar-refractivity contribution in [2.75, 3.05) is 18.5 Å². The van der Waals surface area contributed by atoms with E-state index in [0.717, 1.165) is 6.42 Å². The fourth-order valence-corrected chi connectivity index (χ4v) is 10.8. The maximum absolute atomic E-state index is 5.47. The van der Waals surface area contributed by atoms with Gasteiger partial charge in [-0.05, 0) is 59.7 Å². The van der Waals surface area contributed by atoms with Crippen LogP contribution in [-0.4, -0.2) is 18.5 Å². The normalized spacial score (nSPS) is 15.2. The molecule has 1 nitrogen and oxygen atoms in total. The number of allylic oxidation sites excluding steroid dienone is 7. The Morgan fingerprint density at radius 2 is 1.12 bits per heavy atom. The second kappa shape index (κ2) is 15.1. The van der Waals surface area contributed by atoms with E-state index in [9.17, 15) is 0 Å². The Morgan fingerprint density at radius 1 is 0.758 bits per heavy atom. The largest absolute Gasteiger partial charge is 0.272 e. The van der Waals surface area contributed by atoms with Crippen LogP contribution in [0.15, 0.2) is 53.0 Å². The Hall–Kier alpha value is -0.0957. The van der Waals surface area contributed by atoms with Crippen LogP contribution in [0.25, 0.3) is 0 Å². The maximum atomic E-state index is 5.47. The molecule has 33 heavy (non-hydrogen) atoms. The monoisotopic (exact) mass is 509 g/mol. The van der Waals surface area contributed by atoms with Crippen molar-refractivity contribution in [3.8, 4) is 0 Å². The van der Waals surface area contributed by atoms with Crippen LogP contribution >= 0.6 is 7.05 Å². The van der Waals surface area contributed by atoms with Gasteiger partial charge in [-0.2, -0.15) is 0 Å². The molecule has 190 valence electrons. The molecular weight excluding hydrogens is 453 g/mol. The third-order valence-corrected chi connectivity index (χ3v) is 9.79. The number of nitrogens with zero attached hydrogens (tertiary/aromatic N) is 1. The van der Waals surface area contributed by atoms with Crippen LogP contribution < -0.4 is 0 Å². The fraction of sp³-hybridized carbons (Fsp3) is 0.733. The van der Waals surface area contributed by atoms with Crippen LogP contribution in [0.1, 0.15) is 96.4 Å². The average molecular weight is 510 g/mol. The van der Waals surface area contributed by atoms with Crippen molar-refractivity contribution in [3.05, 3.63) is 48.2 Å². The molecule has 1 aliphatic rings. The van der Waals surface area contributed by atoms with Gasteiger partial charge in [-0.1, -0.05) is 126 Å². The SMILES string of the molecule is CC(C)(C)CP(CC(C)(C)C)(CC(C)(C)C)=NC1=CC=CC1.CC(C)C=CC=CC(C)C.[Ti]. The average Bonchev–Trinajstić information content (AvgIpc) is 2.98. The molecule has 0 aromatic heterocycles. The molecular formula is C30H56NPTi. The van der Waals surface area contributed by atoms with Crippen LogP contribution in [0.2, 0.25) is 0 Å². The van der Waals surface area contributed by atoms with Crippen LogP contribution in [0.4, 0.5) is 0 Å². The third-order valence-electron chi connectivity index (χ3n) is 4.50. The van der Waals surface area contributed by atoms with Gasteiger partial charge in [-0.25, -0.2) is 0 Å². The number of hydrogen-bond donors (Lipinski definition) is 0. The van der Waals surface area contributed by atoms with E-state index in [0.29, 0.717) is 28.1 Å². The van der Waals surface area contributed by atoms with Gasteiger partial charge in [0.05, 0.1) is 0 Å². The Kier molecular flexibility index (Phi) is 16.1. The molecule has 3 heteroatoms. The quantitative estimate of drug-likeness (QED) is 0.184. The molecule has 0 aromatic rings. The van der Waals surface area contributed by atoms with Crippen molar-refractivity contribution in [1.82, 2.24) is 0 Å². The second-order valence-electron chi connectivity index (χ2n) is 13.9. The molecule has 0 heterocycles. The van der Waals surface area contributed by atoms with E-state index in [-0.39, 0.29) is 21.7 Å². The first-order valence-electron chi connectivity index (χ1n) is 12.6. The molecule has 0 unspecified atom stereocenters. The van der Waals surface area contributed by atoms with Gasteiger partial charge < -0.3 is 0 Å². The zero-order valence-electron chi connectivity index (χ0n) is 24.4. The minimum Gasteiger partial charge on any atom is -0.272 e. The predicted molar refractivity (Wildman–Crippen MR) is 152 cm³/mol. The van der Waals surface area contributed by atoms with E-state index in [2.05, 4.69) is 133 Å². The molecule has 0 atom stereocenters.